The largest absolute Gasteiger partial charge is 0.375 e. The number of methoxy groups -OCH3 is 1. The van der Waals surface area contributed by atoms with Gasteiger partial charge in [0.15, 0.2) is 5.79 Å². The second-order valence-electron chi connectivity index (χ2n) is 3.96. The standard InChI is InChI=1S/C10H17NO4/c1-13-7-9(12)11-4-2-3-10(8-11)14-5-6-15-10/h2-8H2,1H3. The third-order valence-corrected chi connectivity index (χ3v) is 2.85. The summed E-state index contributed by atoms with van der Waals surface area (Å²) in [6.07, 6.45) is 1.80. The van der Waals surface area contributed by atoms with Crippen LogP contribution in [0.4, 0.5) is 0 Å². The molecule has 2 heterocycles. The number of carbonyl (C=O) groups excluding carboxylic acids is 1. The van der Waals surface area contributed by atoms with Crippen molar-refractivity contribution in [3.63, 3.8) is 0 Å². The summed E-state index contributed by atoms with van der Waals surface area (Å²) in [5, 5.41) is 0. The molecule has 2 aliphatic heterocycles. The molecule has 5 nitrogen and oxygen atoms in total. The molecule has 0 bridgehead atoms. The summed E-state index contributed by atoms with van der Waals surface area (Å²) >= 11 is 0. The molecular formula is C10H17NO4. The third kappa shape index (κ3) is 2.30. The van der Waals surface area contributed by atoms with Crippen molar-refractivity contribution in [3.05, 3.63) is 0 Å². The molecule has 0 N–H and O–H groups in total. The number of nitrogens with zero attached hydrogens (tertiary/aromatic N) is 1. The zero-order chi connectivity index (χ0) is 10.7. The molecule has 1 amide bonds. The fourth-order valence-electron chi connectivity index (χ4n) is 2.15. The normalized spacial score (nSPS) is 24.7. The Morgan fingerprint density at radius 3 is 2.87 bits per heavy atom. The highest BCUT2D eigenvalue weighted by molar-refractivity contribution is 5.77. The van der Waals surface area contributed by atoms with Crippen molar-refractivity contribution in [3.8, 4) is 0 Å². The lowest BCUT2D eigenvalue weighted by Gasteiger charge is -2.38. The van der Waals surface area contributed by atoms with Crippen molar-refractivity contribution >= 4 is 5.91 Å². The van der Waals surface area contributed by atoms with Crippen LogP contribution >= 0.6 is 0 Å². The van der Waals surface area contributed by atoms with Crippen LogP contribution in [0, 0.1) is 0 Å². The Bertz CT molecular complexity index is 238. The van der Waals surface area contributed by atoms with Gasteiger partial charge < -0.3 is 19.1 Å². The Balaban J connectivity index is 1.94. The van der Waals surface area contributed by atoms with Gasteiger partial charge in [-0.3, -0.25) is 4.79 Å². The van der Waals surface area contributed by atoms with E-state index in [0.29, 0.717) is 19.8 Å². The van der Waals surface area contributed by atoms with E-state index < -0.39 is 5.79 Å². The summed E-state index contributed by atoms with van der Waals surface area (Å²) < 4.78 is 16.0. The van der Waals surface area contributed by atoms with Gasteiger partial charge in [0, 0.05) is 20.1 Å². The molecule has 0 radical (unpaired) electrons. The molecule has 2 aliphatic rings. The maximum atomic E-state index is 11.6. The van der Waals surface area contributed by atoms with E-state index in [-0.39, 0.29) is 12.5 Å². The van der Waals surface area contributed by atoms with E-state index >= 15 is 0 Å². The van der Waals surface area contributed by atoms with Gasteiger partial charge in [-0.2, -0.15) is 0 Å². The van der Waals surface area contributed by atoms with Gasteiger partial charge >= 0.3 is 0 Å². The van der Waals surface area contributed by atoms with E-state index in [2.05, 4.69) is 0 Å². The lowest BCUT2D eigenvalue weighted by atomic mass is 10.0. The van der Waals surface area contributed by atoms with E-state index in [1.165, 1.54) is 7.11 Å². The van der Waals surface area contributed by atoms with Crippen LogP contribution < -0.4 is 0 Å². The lowest BCUT2D eigenvalue weighted by molar-refractivity contribution is -0.194. The summed E-state index contributed by atoms with van der Waals surface area (Å²) in [6, 6.07) is 0. The molecule has 2 fully saturated rings. The zero-order valence-electron chi connectivity index (χ0n) is 9.03. The Kier molecular flexibility index (Phi) is 3.23. The second kappa shape index (κ2) is 4.47. The highest BCUT2D eigenvalue weighted by atomic mass is 16.7. The van der Waals surface area contributed by atoms with E-state index in [9.17, 15) is 4.79 Å². The molecule has 2 rings (SSSR count). The van der Waals surface area contributed by atoms with Crippen LogP contribution in [-0.4, -0.2) is 56.6 Å². The molecule has 0 atom stereocenters. The first-order valence-corrected chi connectivity index (χ1v) is 5.30. The Hall–Kier alpha value is -0.650. The number of ether oxygens (including phenoxy) is 3. The molecule has 0 aliphatic carbocycles. The van der Waals surface area contributed by atoms with Crippen LogP contribution in [0.15, 0.2) is 0 Å². The Morgan fingerprint density at radius 1 is 1.47 bits per heavy atom. The average molecular weight is 215 g/mol. The molecular weight excluding hydrogens is 198 g/mol. The molecule has 86 valence electrons. The first-order chi connectivity index (χ1) is 7.26. The van der Waals surface area contributed by atoms with Gasteiger partial charge in [-0.25, -0.2) is 0 Å². The quantitative estimate of drug-likeness (QED) is 0.650. The van der Waals surface area contributed by atoms with Gasteiger partial charge in [0.1, 0.15) is 6.61 Å². The minimum atomic E-state index is -0.526. The van der Waals surface area contributed by atoms with Crippen LogP contribution in [0.2, 0.25) is 0 Å². The van der Waals surface area contributed by atoms with Gasteiger partial charge in [0.25, 0.3) is 0 Å². The minimum absolute atomic E-state index is 0.00988. The van der Waals surface area contributed by atoms with Crippen LogP contribution in [0.5, 0.6) is 0 Å². The maximum Gasteiger partial charge on any atom is 0.248 e. The fourth-order valence-corrected chi connectivity index (χ4v) is 2.15. The van der Waals surface area contributed by atoms with Crippen molar-refractivity contribution in [2.24, 2.45) is 0 Å². The number of hydrogen-bond donors (Lipinski definition) is 0. The minimum Gasteiger partial charge on any atom is -0.375 e. The fraction of sp³-hybridized carbons (Fsp3) is 0.900. The van der Waals surface area contributed by atoms with E-state index in [4.69, 9.17) is 14.2 Å². The van der Waals surface area contributed by atoms with Gasteiger partial charge in [0.05, 0.1) is 19.8 Å². The number of piperidine rings is 1. The number of carbonyl (C=O) groups is 1. The number of rotatable bonds is 2. The smallest absolute Gasteiger partial charge is 0.248 e. The van der Waals surface area contributed by atoms with Gasteiger partial charge in [-0.05, 0) is 6.42 Å². The summed E-state index contributed by atoms with van der Waals surface area (Å²) in [5.41, 5.74) is 0. The molecule has 15 heavy (non-hydrogen) atoms. The lowest BCUT2D eigenvalue weighted by Crippen LogP contribution is -2.51. The predicted molar refractivity (Wildman–Crippen MR) is 52.3 cm³/mol. The first kappa shape index (κ1) is 10.9. The zero-order valence-corrected chi connectivity index (χ0v) is 9.03. The summed E-state index contributed by atoms with van der Waals surface area (Å²) in [6.45, 7) is 2.71. The first-order valence-electron chi connectivity index (χ1n) is 5.30. The van der Waals surface area contributed by atoms with E-state index in [1.807, 2.05) is 0 Å². The van der Waals surface area contributed by atoms with E-state index in [1.54, 1.807) is 4.90 Å². The highest BCUT2D eigenvalue weighted by Gasteiger charge is 2.41. The molecule has 2 saturated heterocycles. The number of amides is 1. The molecule has 0 aromatic heterocycles. The molecule has 0 aromatic rings. The third-order valence-electron chi connectivity index (χ3n) is 2.85. The Labute approximate surface area is 89.3 Å². The topological polar surface area (TPSA) is 48.0 Å². The highest BCUT2D eigenvalue weighted by Crippen LogP contribution is 2.29. The second-order valence-corrected chi connectivity index (χ2v) is 3.96. The molecule has 0 unspecified atom stereocenters. The molecule has 1 spiro atoms. The molecule has 0 aromatic carbocycles. The van der Waals surface area contributed by atoms with Crippen LogP contribution in [0.3, 0.4) is 0 Å². The van der Waals surface area contributed by atoms with Crippen LogP contribution in [0.1, 0.15) is 12.8 Å². The summed E-state index contributed by atoms with van der Waals surface area (Å²) in [5.74, 6) is -0.516. The Morgan fingerprint density at radius 2 is 2.20 bits per heavy atom. The van der Waals surface area contributed by atoms with Crippen LogP contribution in [0.25, 0.3) is 0 Å². The SMILES string of the molecule is COCC(=O)N1CCCC2(C1)OCCO2. The van der Waals surface area contributed by atoms with Crippen LogP contribution in [-0.2, 0) is 19.0 Å². The van der Waals surface area contributed by atoms with Crippen molar-refractivity contribution in [2.45, 2.75) is 18.6 Å². The summed E-state index contributed by atoms with van der Waals surface area (Å²) in [4.78, 5) is 13.4. The van der Waals surface area contributed by atoms with Gasteiger partial charge in [-0.1, -0.05) is 0 Å². The van der Waals surface area contributed by atoms with Gasteiger partial charge in [0.2, 0.25) is 5.91 Å². The number of likely N-dealkylation sites (tertiary alicyclic amines) is 1. The predicted octanol–water partition coefficient (Wildman–Crippen LogP) is -0.00170. The van der Waals surface area contributed by atoms with Crippen molar-refractivity contribution in [1.82, 2.24) is 4.90 Å². The maximum absolute atomic E-state index is 11.6. The average Bonchev–Trinajstić information content (AvgIpc) is 2.67. The van der Waals surface area contributed by atoms with Crippen molar-refractivity contribution in [2.75, 3.05) is 40.0 Å². The van der Waals surface area contributed by atoms with Gasteiger partial charge in [-0.15, -0.1) is 0 Å². The van der Waals surface area contributed by atoms with E-state index in [0.717, 1.165) is 19.4 Å². The monoisotopic (exact) mass is 215 g/mol. The molecule has 0 saturated carbocycles. The molecule has 5 heteroatoms. The summed E-state index contributed by atoms with van der Waals surface area (Å²) in [7, 11) is 1.53. The van der Waals surface area contributed by atoms with Crippen molar-refractivity contribution < 1.29 is 19.0 Å². The van der Waals surface area contributed by atoms with Crippen molar-refractivity contribution in [1.29, 1.82) is 0 Å². The number of hydrogen-bond acceptors (Lipinski definition) is 4.